The highest BCUT2D eigenvalue weighted by atomic mass is 32.2. The molecular weight excluding hydrogens is 248 g/mol. The fraction of sp³-hybridized carbons (Fsp3) is 0.667. The smallest absolute Gasteiger partial charge is 0.144 e. The second kappa shape index (κ2) is 5.86. The summed E-state index contributed by atoms with van der Waals surface area (Å²) in [6.07, 6.45) is -0.391. The lowest BCUT2D eigenvalue weighted by atomic mass is 9.96. The van der Waals surface area contributed by atoms with Gasteiger partial charge in [0, 0.05) is 16.7 Å². The van der Waals surface area contributed by atoms with Crippen LogP contribution in [0.3, 0.4) is 0 Å². The summed E-state index contributed by atoms with van der Waals surface area (Å²) in [6, 6.07) is 1.79. The Morgan fingerprint density at radius 3 is 2.39 bits per heavy atom. The number of aliphatic hydroxyl groups is 1. The van der Waals surface area contributed by atoms with Crippen LogP contribution in [0.1, 0.15) is 40.4 Å². The summed E-state index contributed by atoms with van der Waals surface area (Å²) in [5, 5.41) is 10.4. The maximum Gasteiger partial charge on any atom is 0.144 e. The molecule has 2 atom stereocenters. The summed E-state index contributed by atoms with van der Waals surface area (Å²) >= 11 is 1.51. The van der Waals surface area contributed by atoms with E-state index in [4.69, 9.17) is 5.84 Å². The summed E-state index contributed by atoms with van der Waals surface area (Å²) in [4.78, 5) is 8.87. The molecule has 0 aliphatic rings. The lowest BCUT2D eigenvalue weighted by Gasteiger charge is -2.19. The zero-order chi connectivity index (χ0) is 13.9. The molecule has 1 aromatic heterocycles. The number of nitrogens with two attached hydrogens (primary N) is 1. The number of hydrogen-bond donors (Lipinski definition) is 3. The van der Waals surface area contributed by atoms with Gasteiger partial charge in [0.15, 0.2) is 0 Å². The fourth-order valence-electron chi connectivity index (χ4n) is 1.18. The molecule has 0 aliphatic carbocycles. The van der Waals surface area contributed by atoms with E-state index in [-0.39, 0.29) is 10.7 Å². The highest BCUT2D eigenvalue weighted by Crippen LogP contribution is 2.28. The van der Waals surface area contributed by atoms with E-state index in [1.807, 2.05) is 6.92 Å². The van der Waals surface area contributed by atoms with Gasteiger partial charge < -0.3 is 10.5 Å². The minimum atomic E-state index is -0.391. The zero-order valence-electron chi connectivity index (χ0n) is 11.6. The van der Waals surface area contributed by atoms with Crippen molar-refractivity contribution in [2.24, 2.45) is 5.84 Å². The van der Waals surface area contributed by atoms with Crippen molar-refractivity contribution in [1.29, 1.82) is 0 Å². The molecule has 18 heavy (non-hydrogen) atoms. The molecule has 0 radical (unpaired) electrons. The Morgan fingerprint density at radius 1 is 1.33 bits per heavy atom. The van der Waals surface area contributed by atoms with E-state index in [0.717, 1.165) is 10.9 Å². The summed E-state index contributed by atoms with van der Waals surface area (Å²) in [5.74, 6) is 6.75. The summed E-state index contributed by atoms with van der Waals surface area (Å²) in [7, 11) is 0. The van der Waals surface area contributed by atoms with Gasteiger partial charge in [-0.2, -0.15) is 0 Å². The molecule has 0 aliphatic heterocycles. The molecule has 0 bridgehead atoms. The van der Waals surface area contributed by atoms with E-state index in [1.54, 1.807) is 13.0 Å². The molecule has 0 fully saturated rings. The van der Waals surface area contributed by atoms with Gasteiger partial charge in [0.25, 0.3) is 0 Å². The number of thioether (sulfide) groups is 1. The van der Waals surface area contributed by atoms with Crippen molar-refractivity contribution in [3.63, 3.8) is 0 Å². The van der Waals surface area contributed by atoms with Crippen LogP contribution in [0.25, 0.3) is 0 Å². The Morgan fingerprint density at radius 2 is 1.94 bits per heavy atom. The van der Waals surface area contributed by atoms with Gasteiger partial charge in [0.1, 0.15) is 16.7 Å². The number of hydrazine groups is 1. The van der Waals surface area contributed by atoms with Crippen LogP contribution < -0.4 is 11.3 Å². The third-order valence-electron chi connectivity index (χ3n) is 2.51. The van der Waals surface area contributed by atoms with Crippen LogP contribution in [0.5, 0.6) is 0 Å². The summed E-state index contributed by atoms with van der Waals surface area (Å²) in [5.41, 5.74) is 2.41. The average Bonchev–Trinajstić information content (AvgIpc) is 2.27. The van der Waals surface area contributed by atoms with E-state index in [9.17, 15) is 5.11 Å². The first kappa shape index (κ1) is 15.2. The quantitative estimate of drug-likeness (QED) is 0.335. The van der Waals surface area contributed by atoms with Crippen molar-refractivity contribution in [2.45, 2.75) is 56.4 Å². The first-order valence-electron chi connectivity index (χ1n) is 5.95. The monoisotopic (exact) mass is 270 g/mol. The van der Waals surface area contributed by atoms with E-state index >= 15 is 0 Å². The minimum Gasteiger partial charge on any atom is -0.392 e. The minimum absolute atomic E-state index is 0.0679. The Bertz CT molecular complexity index is 404. The Balaban J connectivity index is 3.05. The maximum absolute atomic E-state index is 9.53. The van der Waals surface area contributed by atoms with Crippen molar-refractivity contribution in [3.05, 3.63) is 11.9 Å². The molecule has 1 rings (SSSR count). The van der Waals surface area contributed by atoms with Crippen LogP contribution in [-0.4, -0.2) is 26.4 Å². The lowest BCUT2D eigenvalue weighted by Crippen LogP contribution is -2.20. The van der Waals surface area contributed by atoms with Crippen LogP contribution in [-0.2, 0) is 5.41 Å². The highest BCUT2D eigenvalue weighted by molar-refractivity contribution is 7.99. The van der Waals surface area contributed by atoms with Crippen molar-refractivity contribution in [3.8, 4) is 0 Å². The molecule has 0 amide bonds. The SMILES string of the molecule is CC(O)C(C)Sc1cc(NN)nc(C(C)(C)C)n1. The van der Waals surface area contributed by atoms with Gasteiger partial charge in [-0.25, -0.2) is 15.8 Å². The van der Waals surface area contributed by atoms with Crippen LogP contribution in [0.2, 0.25) is 0 Å². The van der Waals surface area contributed by atoms with E-state index in [1.165, 1.54) is 11.8 Å². The van der Waals surface area contributed by atoms with Crippen LogP contribution in [0.4, 0.5) is 5.82 Å². The number of aromatic nitrogens is 2. The average molecular weight is 270 g/mol. The number of nitrogens with zero attached hydrogens (tertiary/aromatic N) is 2. The van der Waals surface area contributed by atoms with Crippen molar-refractivity contribution < 1.29 is 5.11 Å². The molecule has 4 N–H and O–H groups in total. The predicted octanol–water partition coefficient (Wildman–Crippen LogP) is 1.92. The number of rotatable bonds is 4. The standard InChI is InChI=1S/C12H22N4OS/c1-7(17)8(2)18-10-6-9(16-13)14-11(15-10)12(3,4)5/h6-8,17H,13H2,1-5H3,(H,14,15,16). The third-order valence-corrected chi connectivity index (χ3v) is 3.72. The van der Waals surface area contributed by atoms with Crippen LogP contribution in [0, 0.1) is 0 Å². The van der Waals surface area contributed by atoms with Crippen LogP contribution in [0.15, 0.2) is 11.1 Å². The Hall–Kier alpha value is -0.850. The van der Waals surface area contributed by atoms with Gasteiger partial charge in [0.05, 0.1) is 6.10 Å². The molecular formula is C12H22N4OS. The maximum atomic E-state index is 9.53. The topological polar surface area (TPSA) is 84.1 Å². The normalized spacial score (nSPS) is 15.3. The lowest BCUT2D eigenvalue weighted by molar-refractivity contribution is 0.196. The van der Waals surface area contributed by atoms with E-state index < -0.39 is 6.10 Å². The molecule has 1 aromatic rings. The number of aliphatic hydroxyl groups excluding tert-OH is 1. The second-order valence-corrected chi connectivity index (χ2v) is 6.77. The molecule has 6 heteroatoms. The second-order valence-electron chi connectivity index (χ2n) is 5.37. The van der Waals surface area contributed by atoms with Gasteiger partial charge in [-0.15, -0.1) is 11.8 Å². The summed E-state index contributed by atoms with van der Waals surface area (Å²) < 4.78 is 0. The number of hydrogen-bond acceptors (Lipinski definition) is 6. The molecule has 0 spiro atoms. The molecule has 1 heterocycles. The molecule has 0 aromatic carbocycles. The van der Waals surface area contributed by atoms with Crippen LogP contribution >= 0.6 is 11.8 Å². The number of anilines is 1. The van der Waals surface area contributed by atoms with Gasteiger partial charge in [0.2, 0.25) is 0 Å². The highest BCUT2D eigenvalue weighted by Gasteiger charge is 2.20. The molecule has 0 saturated heterocycles. The van der Waals surface area contributed by atoms with Crippen molar-refractivity contribution in [2.75, 3.05) is 5.43 Å². The number of nitrogen functional groups attached to an aromatic ring is 1. The molecule has 2 unspecified atom stereocenters. The van der Waals surface area contributed by atoms with Gasteiger partial charge >= 0.3 is 0 Å². The fourth-order valence-corrected chi connectivity index (χ4v) is 2.08. The predicted molar refractivity (Wildman–Crippen MR) is 75.5 cm³/mol. The van der Waals surface area contributed by atoms with E-state index in [2.05, 4.69) is 36.2 Å². The van der Waals surface area contributed by atoms with Gasteiger partial charge in [-0.05, 0) is 6.92 Å². The molecule has 5 nitrogen and oxygen atoms in total. The molecule has 0 saturated carbocycles. The number of nitrogens with one attached hydrogen (secondary N) is 1. The van der Waals surface area contributed by atoms with Crippen molar-refractivity contribution in [1.82, 2.24) is 9.97 Å². The third kappa shape index (κ3) is 4.12. The Kier molecular flexibility index (Phi) is 4.95. The first-order chi connectivity index (χ1) is 8.24. The molecule has 102 valence electrons. The first-order valence-corrected chi connectivity index (χ1v) is 6.83. The van der Waals surface area contributed by atoms with E-state index in [0.29, 0.717) is 5.82 Å². The largest absolute Gasteiger partial charge is 0.392 e. The van der Waals surface area contributed by atoms with Crippen molar-refractivity contribution >= 4 is 17.6 Å². The van der Waals surface area contributed by atoms with Gasteiger partial charge in [-0.3, -0.25) is 0 Å². The zero-order valence-corrected chi connectivity index (χ0v) is 12.4. The van der Waals surface area contributed by atoms with Gasteiger partial charge in [-0.1, -0.05) is 27.7 Å². The summed E-state index contributed by atoms with van der Waals surface area (Å²) in [6.45, 7) is 9.88. The Labute approximate surface area is 113 Å².